The Kier molecular flexibility index (Phi) is 19.9. The zero-order chi connectivity index (χ0) is 15.1. The molecule has 0 heterocycles. The molecule has 0 aromatic carbocycles. The summed E-state index contributed by atoms with van der Waals surface area (Å²) in [7, 11) is 0. The fourth-order valence-electron chi connectivity index (χ4n) is 2.03. The molecule has 0 fully saturated rings. The van der Waals surface area contributed by atoms with Gasteiger partial charge in [-0.05, 0) is 25.7 Å². The Balaban J connectivity index is 0. The molecule has 0 N–H and O–H groups in total. The smallest absolute Gasteiger partial charge is 0.550 e. The Bertz CT molecular complexity index is 257. The third kappa shape index (κ3) is 19.9. The average Bonchev–Trinajstić information content (AvgIpc) is 2.41. The minimum atomic E-state index is -1.06. The third-order valence-electron chi connectivity index (χ3n) is 3.27. The second-order valence-corrected chi connectivity index (χ2v) is 5.27. The summed E-state index contributed by atoms with van der Waals surface area (Å²) >= 11 is 0. The third-order valence-corrected chi connectivity index (χ3v) is 3.27. The minimum Gasteiger partial charge on any atom is -0.550 e. The van der Waals surface area contributed by atoms with Crippen molar-refractivity contribution < 1.29 is 49.0 Å². The number of carbonyl (C=O) groups is 2. The quantitative estimate of drug-likeness (QED) is 0.257. The van der Waals surface area contributed by atoms with Gasteiger partial charge in [0.2, 0.25) is 0 Å². The van der Waals surface area contributed by atoms with Gasteiger partial charge in [-0.25, -0.2) is 0 Å². The van der Waals surface area contributed by atoms with E-state index in [2.05, 4.69) is 6.92 Å². The summed E-state index contributed by atoms with van der Waals surface area (Å²) in [5, 5.41) is 10.2. The van der Waals surface area contributed by atoms with Gasteiger partial charge >= 0.3 is 35.5 Å². The number of hydrogen-bond donors (Lipinski definition) is 0. The number of rotatable bonds is 14. The van der Waals surface area contributed by atoms with E-state index in [-0.39, 0.29) is 41.9 Å². The van der Waals surface area contributed by atoms with Crippen LogP contribution in [-0.2, 0) is 14.3 Å². The van der Waals surface area contributed by atoms with Crippen LogP contribution < -0.4 is 34.7 Å². The molecule has 0 saturated heterocycles. The molecule has 21 heavy (non-hydrogen) atoms. The maximum Gasteiger partial charge on any atom is 1.00 e. The molecule has 118 valence electrons. The molecule has 5 heteroatoms. The molecule has 4 nitrogen and oxygen atoms in total. The fourth-order valence-corrected chi connectivity index (χ4v) is 2.03. The van der Waals surface area contributed by atoms with Crippen LogP contribution >= 0.6 is 0 Å². The molecular weight excluding hydrogens is 279 g/mol. The van der Waals surface area contributed by atoms with Crippen LogP contribution in [-0.4, -0.2) is 18.5 Å². The van der Waals surface area contributed by atoms with E-state index >= 15 is 0 Å². The SMILES string of the molecule is CCCCCCCCCCOC(=O)CCCCC(=O)[O-].[Na+]. The summed E-state index contributed by atoms with van der Waals surface area (Å²) < 4.78 is 5.09. The molecule has 0 rings (SSSR count). The molecular formula is C16H29NaO4. The van der Waals surface area contributed by atoms with E-state index in [0.29, 0.717) is 25.9 Å². The molecule has 0 amide bonds. The van der Waals surface area contributed by atoms with Gasteiger partial charge in [-0.3, -0.25) is 4.79 Å². The standard InChI is InChI=1S/C16H30O4.Na/c1-2-3-4-5-6-7-8-11-14-20-16(19)13-10-9-12-15(17)18;/h2-14H2,1H3,(H,17,18);/q;+1/p-1. The maximum atomic E-state index is 11.3. The van der Waals surface area contributed by atoms with Crippen LogP contribution in [0.25, 0.3) is 0 Å². The largest absolute Gasteiger partial charge is 1.00 e. The van der Waals surface area contributed by atoms with E-state index in [1.54, 1.807) is 0 Å². The zero-order valence-corrected chi connectivity index (χ0v) is 15.8. The number of unbranched alkanes of at least 4 members (excludes halogenated alkanes) is 8. The molecule has 0 aliphatic heterocycles. The van der Waals surface area contributed by atoms with E-state index < -0.39 is 5.97 Å². The first kappa shape index (κ1) is 23.2. The molecule has 0 bridgehead atoms. The summed E-state index contributed by atoms with van der Waals surface area (Å²) in [6, 6.07) is 0. The molecule has 0 unspecified atom stereocenters. The number of aliphatic carboxylic acids is 1. The zero-order valence-electron chi connectivity index (χ0n) is 13.8. The average molecular weight is 308 g/mol. The van der Waals surface area contributed by atoms with Crippen LogP contribution in [0.3, 0.4) is 0 Å². The Morgan fingerprint density at radius 2 is 1.33 bits per heavy atom. The normalized spacial score (nSPS) is 9.95. The van der Waals surface area contributed by atoms with Crippen LogP contribution in [0.15, 0.2) is 0 Å². The molecule has 0 aromatic heterocycles. The fraction of sp³-hybridized carbons (Fsp3) is 0.875. The van der Waals surface area contributed by atoms with E-state index in [1.165, 1.54) is 38.5 Å². The number of carbonyl (C=O) groups excluding carboxylic acids is 2. The predicted molar refractivity (Wildman–Crippen MR) is 77.0 cm³/mol. The second kappa shape index (κ2) is 18.0. The number of esters is 1. The first-order valence-electron chi connectivity index (χ1n) is 8.02. The van der Waals surface area contributed by atoms with E-state index in [4.69, 9.17) is 4.74 Å². The molecule has 0 radical (unpaired) electrons. The number of carboxylic acid groups (broad SMARTS) is 1. The van der Waals surface area contributed by atoms with Crippen LogP contribution in [0.1, 0.15) is 84.0 Å². The van der Waals surface area contributed by atoms with Gasteiger partial charge in [0.1, 0.15) is 0 Å². The number of ether oxygens (including phenoxy) is 1. The Labute approximate surface area is 151 Å². The van der Waals surface area contributed by atoms with E-state index in [9.17, 15) is 14.7 Å². The van der Waals surface area contributed by atoms with Gasteiger partial charge in [0.05, 0.1) is 6.61 Å². The summed E-state index contributed by atoms with van der Waals surface area (Å²) in [5.41, 5.74) is 0. The summed E-state index contributed by atoms with van der Waals surface area (Å²) in [5.74, 6) is -1.27. The van der Waals surface area contributed by atoms with Gasteiger partial charge < -0.3 is 14.6 Å². The van der Waals surface area contributed by atoms with E-state index in [0.717, 1.165) is 12.8 Å². The Hall–Kier alpha value is -0.0600. The van der Waals surface area contributed by atoms with Crippen molar-refractivity contribution in [3.8, 4) is 0 Å². The van der Waals surface area contributed by atoms with Gasteiger partial charge in [-0.15, -0.1) is 0 Å². The van der Waals surface area contributed by atoms with Crippen LogP contribution in [0.5, 0.6) is 0 Å². The van der Waals surface area contributed by atoms with Crippen molar-refractivity contribution in [3.63, 3.8) is 0 Å². The molecule has 0 aliphatic carbocycles. The van der Waals surface area contributed by atoms with Crippen molar-refractivity contribution in [2.24, 2.45) is 0 Å². The van der Waals surface area contributed by atoms with Gasteiger partial charge in [-0.2, -0.15) is 0 Å². The van der Waals surface area contributed by atoms with Crippen LogP contribution in [0.4, 0.5) is 0 Å². The van der Waals surface area contributed by atoms with Crippen molar-refractivity contribution in [1.29, 1.82) is 0 Å². The number of hydrogen-bond acceptors (Lipinski definition) is 4. The summed E-state index contributed by atoms with van der Waals surface area (Å²) in [6.07, 6.45) is 11.2. The molecule has 0 aliphatic rings. The van der Waals surface area contributed by atoms with Gasteiger partial charge in [0, 0.05) is 12.4 Å². The monoisotopic (exact) mass is 308 g/mol. The van der Waals surface area contributed by atoms with Crippen LogP contribution in [0.2, 0.25) is 0 Å². The maximum absolute atomic E-state index is 11.3. The molecule has 0 atom stereocenters. The topological polar surface area (TPSA) is 66.4 Å². The molecule has 0 saturated carbocycles. The van der Waals surface area contributed by atoms with Crippen molar-refractivity contribution in [2.75, 3.05) is 6.61 Å². The van der Waals surface area contributed by atoms with Gasteiger partial charge in [-0.1, -0.05) is 51.9 Å². The van der Waals surface area contributed by atoms with Gasteiger partial charge in [0.25, 0.3) is 0 Å². The molecule has 0 spiro atoms. The second-order valence-electron chi connectivity index (χ2n) is 5.27. The summed E-state index contributed by atoms with van der Waals surface area (Å²) in [4.78, 5) is 21.5. The molecule has 0 aromatic rings. The van der Waals surface area contributed by atoms with Crippen LogP contribution in [0, 0.1) is 0 Å². The van der Waals surface area contributed by atoms with Crippen molar-refractivity contribution in [3.05, 3.63) is 0 Å². The number of carboxylic acids is 1. The van der Waals surface area contributed by atoms with Gasteiger partial charge in [0.15, 0.2) is 0 Å². The first-order valence-corrected chi connectivity index (χ1v) is 8.02. The van der Waals surface area contributed by atoms with Crippen molar-refractivity contribution in [1.82, 2.24) is 0 Å². The minimum absolute atomic E-state index is 0. The predicted octanol–water partition coefficient (Wildman–Crippen LogP) is -0.0154. The Morgan fingerprint density at radius 3 is 1.90 bits per heavy atom. The Morgan fingerprint density at radius 1 is 0.810 bits per heavy atom. The summed E-state index contributed by atoms with van der Waals surface area (Å²) in [6.45, 7) is 2.71. The van der Waals surface area contributed by atoms with E-state index in [1.807, 2.05) is 0 Å². The van der Waals surface area contributed by atoms with Crippen molar-refractivity contribution in [2.45, 2.75) is 84.0 Å². The van der Waals surface area contributed by atoms with Crippen molar-refractivity contribution >= 4 is 11.9 Å². The first-order chi connectivity index (χ1) is 9.66.